The van der Waals surface area contributed by atoms with Gasteiger partial charge in [-0.2, -0.15) is 0 Å². The molecule has 0 aliphatic rings. The summed E-state index contributed by atoms with van der Waals surface area (Å²) in [6.07, 6.45) is 3.49. The van der Waals surface area contributed by atoms with Gasteiger partial charge in [-0.3, -0.25) is 15.1 Å². The van der Waals surface area contributed by atoms with Crippen LogP contribution in [0, 0.1) is 5.92 Å². The Hall–Kier alpha value is -2.40. The second kappa shape index (κ2) is 7.74. The Kier molecular flexibility index (Phi) is 5.71. The molecule has 0 saturated heterocycles. The van der Waals surface area contributed by atoms with Crippen LogP contribution in [-0.2, 0) is 11.3 Å². The monoisotopic (exact) mass is 314 g/mol. The second-order valence-electron chi connectivity index (χ2n) is 5.70. The number of methoxy groups -OCH3 is 1. The smallest absolute Gasteiger partial charge is 0.320 e. The van der Waals surface area contributed by atoms with E-state index < -0.39 is 12.0 Å². The van der Waals surface area contributed by atoms with E-state index in [0.717, 1.165) is 22.4 Å². The molecule has 0 bridgehead atoms. The van der Waals surface area contributed by atoms with Crippen LogP contribution in [0.25, 0.3) is 11.1 Å². The molecule has 0 radical (unpaired) electrons. The largest absolute Gasteiger partial charge is 0.496 e. The number of nitrogens with one attached hydrogen (secondary N) is 1. The zero-order valence-corrected chi connectivity index (χ0v) is 13.6. The molecule has 1 aromatic carbocycles. The van der Waals surface area contributed by atoms with Gasteiger partial charge in [-0.25, -0.2) is 0 Å². The molecular weight excluding hydrogens is 292 g/mol. The third-order valence-corrected chi connectivity index (χ3v) is 3.74. The van der Waals surface area contributed by atoms with Crippen LogP contribution < -0.4 is 10.1 Å². The molecule has 0 aliphatic heterocycles. The van der Waals surface area contributed by atoms with Gasteiger partial charge in [0.25, 0.3) is 0 Å². The van der Waals surface area contributed by atoms with Crippen LogP contribution in [0.3, 0.4) is 0 Å². The first-order valence-corrected chi connectivity index (χ1v) is 7.56. The molecule has 1 atom stereocenters. The fourth-order valence-electron chi connectivity index (χ4n) is 2.47. The van der Waals surface area contributed by atoms with Gasteiger partial charge in [-0.15, -0.1) is 0 Å². The molecule has 2 N–H and O–H groups in total. The number of nitrogens with zero attached hydrogens (tertiary/aromatic N) is 1. The molecule has 5 heteroatoms. The van der Waals surface area contributed by atoms with E-state index in [4.69, 9.17) is 4.74 Å². The third-order valence-electron chi connectivity index (χ3n) is 3.74. The molecule has 122 valence electrons. The molecule has 23 heavy (non-hydrogen) atoms. The van der Waals surface area contributed by atoms with Crippen LogP contribution in [0.2, 0.25) is 0 Å². The van der Waals surface area contributed by atoms with Gasteiger partial charge < -0.3 is 9.84 Å². The van der Waals surface area contributed by atoms with Crippen molar-refractivity contribution in [3.8, 4) is 16.9 Å². The number of aromatic nitrogens is 1. The maximum Gasteiger partial charge on any atom is 0.320 e. The Morgan fingerprint density at radius 2 is 1.91 bits per heavy atom. The quantitative estimate of drug-likeness (QED) is 0.822. The Labute approximate surface area is 136 Å². The minimum atomic E-state index is -0.843. The zero-order chi connectivity index (χ0) is 16.8. The first kappa shape index (κ1) is 17.0. The first-order valence-electron chi connectivity index (χ1n) is 7.56. The molecule has 1 aromatic heterocycles. The molecule has 0 fully saturated rings. The van der Waals surface area contributed by atoms with E-state index in [-0.39, 0.29) is 5.92 Å². The van der Waals surface area contributed by atoms with Crippen molar-refractivity contribution >= 4 is 5.97 Å². The summed E-state index contributed by atoms with van der Waals surface area (Å²) >= 11 is 0. The molecule has 2 rings (SSSR count). The first-order chi connectivity index (χ1) is 11.0. The summed E-state index contributed by atoms with van der Waals surface area (Å²) in [6.45, 7) is 4.20. The highest BCUT2D eigenvalue weighted by Crippen LogP contribution is 2.26. The van der Waals surface area contributed by atoms with Crippen molar-refractivity contribution < 1.29 is 14.6 Å². The summed E-state index contributed by atoms with van der Waals surface area (Å²) in [5.41, 5.74) is 3.03. The van der Waals surface area contributed by atoms with E-state index in [1.54, 1.807) is 19.5 Å². The van der Waals surface area contributed by atoms with Crippen molar-refractivity contribution in [2.45, 2.75) is 26.4 Å². The number of benzene rings is 1. The van der Waals surface area contributed by atoms with Gasteiger partial charge >= 0.3 is 5.97 Å². The van der Waals surface area contributed by atoms with E-state index >= 15 is 0 Å². The Morgan fingerprint density at radius 3 is 2.48 bits per heavy atom. The number of ether oxygens (including phenoxy) is 1. The second-order valence-corrected chi connectivity index (χ2v) is 5.70. The summed E-state index contributed by atoms with van der Waals surface area (Å²) in [6, 6.07) is 9.18. The van der Waals surface area contributed by atoms with Gasteiger partial charge in [-0.05, 0) is 41.3 Å². The topological polar surface area (TPSA) is 71.5 Å². The van der Waals surface area contributed by atoms with E-state index in [1.165, 1.54) is 0 Å². The summed E-state index contributed by atoms with van der Waals surface area (Å²) in [7, 11) is 1.61. The van der Waals surface area contributed by atoms with Gasteiger partial charge in [0, 0.05) is 24.5 Å². The fourth-order valence-corrected chi connectivity index (χ4v) is 2.47. The predicted octanol–water partition coefficient (Wildman–Crippen LogP) is 2.96. The third kappa shape index (κ3) is 4.29. The Morgan fingerprint density at radius 1 is 1.22 bits per heavy atom. The molecule has 5 nitrogen and oxygen atoms in total. The minimum absolute atomic E-state index is 0.00174. The molecule has 0 saturated carbocycles. The number of rotatable bonds is 7. The summed E-state index contributed by atoms with van der Waals surface area (Å²) in [5.74, 6) is -0.102. The van der Waals surface area contributed by atoms with E-state index in [1.807, 2.05) is 44.2 Å². The molecule has 0 unspecified atom stereocenters. The van der Waals surface area contributed by atoms with Crippen molar-refractivity contribution in [1.29, 1.82) is 0 Å². The van der Waals surface area contributed by atoms with Gasteiger partial charge in [-0.1, -0.05) is 19.9 Å². The maximum atomic E-state index is 11.3. The van der Waals surface area contributed by atoms with Gasteiger partial charge in [0.2, 0.25) is 0 Å². The Bertz CT molecular complexity index is 657. The van der Waals surface area contributed by atoms with Crippen LogP contribution in [-0.4, -0.2) is 29.2 Å². The maximum absolute atomic E-state index is 11.3. The molecule has 0 spiro atoms. The molecule has 1 heterocycles. The number of hydrogen-bond donors (Lipinski definition) is 2. The number of carbonyl (C=O) groups is 1. The van der Waals surface area contributed by atoms with Crippen molar-refractivity contribution in [3.63, 3.8) is 0 Å². The molecule has 2 aromatic rings. The van der Waals surface area contributed by atoms with Crippen molar-refractivity contribution in [2.24, 2.45) is 5.92 Å². The predicted molar refractivity (Wildman–Crippen MR) is 89.3 cm³/mol. The molecule has 0 aliphatic carbocycles. The Balaban J connectivity index is 2.24. The minimum Gasteiger partial charge on any atom is -0.496 e. The summed E-state index contributed by atoms with van der Waals surface area (Å²) < 4.78 is 5.39. The van der Waals surface area contributed by atoms with E-state index in [2.05, 4.69) is 10.3 Å². The lowest BCUT2D eigenvalue weighted by atomic mass is 10.0. The highest BCUT2D eigenvalue weighted by Gasteiger charge is 2.21. The highest BCUT2D eigenvalue weighted by molar-refractivity contribution is 5.73. The van der Waals surface area contributed by atoms with Gasteiger partial charge in [0.05, 0.1) is 7.11 Å². The SMILES string of the molecule is COc1ccc(-c2ccncc2)cc1CN[C@@H](C(=O)O)C(C)C. The van der Waals surface area contributed by atoms with Crippen molar-refractivity contribution in [3.05, 3.63) is 48.3 Å². The standard InChI is InChI=1S/C18H22N2O3/c1-12(2)17(18(21)22)20-11-15-10-14(4-5-16(15)23-3)13-6-8-19-9-7-13/h4-10,12,17,20H,11H2,1-3H3,(H,21,22)/t17-/m1/s1. The van der Waals surface area contributed by atoms with E-state index in [0.29, 0.717) is 6.54 Å². The van der Waals surface area contributed by atoms with Crippen molar-refractivity contribution in [2.75, 3.05) is 7.11 Å². The average Bonchev–Trinajstić information content (AvgIpc) is 2.55. The molecule has 0 amide bonds. The number of aliphatic carboxylic acids is 1. The van der Waals surface area contributed by atoms with Crippen LogP contribution in [0.15, 0.2) is 42.7 Å². The summed E-state index contributed by atoms with van der Waals surface area (Å²) in [4.78, 5) is 15.3. The number of hydrogen-bond acceptors (Lipinski definition) is 4. The lowest BCUT2D eigenvalue weighted by Gasteiger charge is -2.19. The van der Waals surface area contributed by atoms with Crippen molar-refractivity contribution in [1.82, 2.24) is 10.3 Å². The number of carboxylic acid groups (broad SMARTS) is 1. The summed E-state index contributed by atoms with van der Waals surface area (Å²) in [5, 5.41) is 12.4. The highest BCUT2D eigenvalue weighted by atomic mass is 16.5. The van der Waals surface area contributed by atoms with Crippen LogP contribution >= 0.6 is 0 Å². The zero-order valence-electron chi connectivity index (χ0n) is 13.6. The van der Waals surface area contributed by atoms with Crippen LogP contribution in [0.5, 0.6) is 5.75 Å². The number of carboxylic acids is 1. The lowest BCUT2D eigenvalue weighted by molar-refractivity contribution is -0.140. The fraction of sp³-hybridized carbons (Fsp3) is 0.333. The van der Waals surface area contributed by atoms with Gasteiger partial charge in [0.15, 0.2) is 0 Å². The lowest BCUT2D eigenvalue weighted by Crippen LogP contribution is -2.40. The number of pyridine rings is 1. The van der Waals surface area contributed by atoms with Crippen LogP contribution in [0.1, 0.15) is 19.4 Å². The van der Waals surface area contributed by atoms with E-state index in [9.17, 15) is 9.90 Å². The molecular formula is C18H22N2O3. The average molecular weight is 314 g/mol. The normalized spacial score (nSPS) is 12.2. The van der Waals surface area contributed by atoms with Gasteiger partial charge in [0.1, 0.15) is 11.8 Å². The van der Waals surface area contributed by atoms with Crippen LogP contribution in [0.4, 0.5) is 0 Å².